The van der Waals surface area contributed by atoms with Gasteiger partial charge in [0.05, 0.1) is 16.7 Å². The first-order chi connectivity index (χ1) is 17.3. The molecule has 0 bridgehead atoms. The van der Waals surface area contributed by atoms with Crippen molar-refractivity contribution >= 4 is 40.9 Å². The van der Waals surface area contributed by atoms with E-state index in [2.05, 4.69) is 0 Å². The second kappa shape index (κ2) is 10.0. The van der Waals surface area contributed by atoms with Gasteiger partial charge in [0.25, 0.3) is 11.8 Å². The molecule has 1 atom stereocenters. The van der Waals surface area contributed by atoms with E-state index >= 15 is 0 Å². The van der Waals surface area contributed by atoms with Crippen LogP contribution < -0.4 is 0 Å². The van der Waals surface area contributed by atoms with Crippen LogP contribution in [0.2, 0.25) is 10.0 Å². The van der Waals surface area contributed by atoms with E-state index in [-0.39, 0.29) is 24.3 Å². The number of carbonyl (C=O) groups excluding carboxylic acids is 3. The van der Waals surface area contributed by atoms with E-state index in [9.17, 15) is 14.4 Å². The Morgan fingerprint density at radius 3 is 2.22 bits per heavy atom. The van der Waals surface area contributed by atoms with E-state index in [1.807, 2.05) is 30.0 Å². The molecule has 0 aliphatic carbocycles. The fraction of sp³-hybridized carbons (Fsp3) is 0.444. The van der Waals surface area contributed by atoms with Crippen molar-refractivity contribution in [1.29, 1.82) is 0 Å². The van der Waals surface area contributed by atoms with Crippen LogP contribution in [0.5, 0.6) is 0 Å². The van der Waals surface area contributed by atoms with Crippen LogP contribution >= 0.6 is 23.2 Å². The van der Waals surface area contributed by atoms with Crippen molar-refractivity contribution in [2.75, 3.05) is 32.8 Å². The van der Waals surface area contributed by atoms with Crippen LogP contribution in [0.25, 0.3) is 0 Å². The predicted molar refractivity (Wildman–Crippen MR) is 137 cm³/mol. The minimum absolute atomic E-state index is 0.0558. The van der Waals surface area contributed by atoms with Gasteiger partial charge in [-0.25, -0.2) is 0 Å². The number of rotatable bonds is 3. The molecule has 0 aromatic heterocycles. The van der Waals surface area contributed by atoms with E-state index < -0.39 is 11.8 Å². The zero-order valence-corrected chi connectivity index (χ0v) is 21.7. The quantitative estimate of drug-likeness (QED) is 0.590. The van der Waals surface area contributed by atoms with Crippen LogP contribution in [0.15, 0.2) is 42.5 Å². The van der Waals surface area contributed by atoms with Gasteiger partial charge in [-0.3, -0.25) is 19.3 Å². The summed E-state index contributed by atoms with van der Waals surface area (Å²) in [5.74, 6) is -0.416. The van der Waals surface area contributed by atoms with Crippen molar-refractivity contribution in [3.05, 3.63) is 69.2 Å². The summed E-state index contributed by atoms with van der Waals surface area (Å²) in [6.07, 6.45) is 2.78. The first-order valence-corrected chi connectivity index (χ1v) is 13.1. The number of aryl methyl sites for hydroxylation is 1. The van der Waals surface area contributed by atoms with Gasteiger partial charge in [0.15, 0.2) is 0 Å². The smallest absolute Gasteiger partial charge is 0.256 e. The van der Waals surface area contributed by atoms with Gasteiger partial charge in [-0.2, -0.15) is 0 Å². The maximum Gasteiger partial charge on any atom is 0.256 e. The molecule has 3 saturated heterocycles. The highest BCUT2D eigenvalue weighted by molar-refractivity contribution is 6.42. The number of ether oxygens (including phenoxy) is 1. The van der Waals surface area contributed by atoms with Crippen molar-refractivity contribution in [3.8, 4) is 0 Å². The zero-order chi connectivity index (χ0) is 25.4. The third kappa shape index (κ3) is 4.60. The number of amides is 3. The number of carbonyl (C=O) groups is 3. The maximum atomic E-state index is 13.9. The Morgan fingerprint density at radius 1 is 0.861 bits per heavy atom. The Kier molecular flexibility index (Phi) is 6.99. The summed E-state index contributed by atoms with van der Waals surface area (Å²) >= 11 is 12.1. The minimum atomic E-state index is -0.935. The molecule has 9 heteroatoms. The van der Waals surface area contributed by atoms with Gasteiger partial charge in [0.2, 0.25) is 5.91 Å². The Labute approximate surface area is 220 Å². The zero-order valence-electron chi connectivity index (χ0n) is 20.2. The highest BCUT2D eigenvalue weighted by Gasteiger charge is 2.55. The summed E-state index contributed by atoms with van der Waals surface area (Å²) in [5.41, 5.74) is 1.03. The second-order valence-corrected chi connectivity index (χ2v) is 10.6. The number of hydrogen-bond acceptors (Lipinski definition) is 4. The van der Waals surface area contributed by atoms with E-state index in [0.29, 0.717) is 60.2 Å². The van der Waals surface area contributed by atoms with Crippen LogP contribution in [-0.4, -0.2) is 77.0 Å². The molecule has 0 saturated carbocycles. The van der Waals surface area contributed by atoms with Crippen molar-refractivity contribution in [3.63, 3.8) is 0 Å². The molecule has 0 N–H and O–H groups in total. The number of likely N-dealkylation sites (tertiary alicyclic amines) is 2. The predicted octanol–water partition coefficient (Wildman–Crippen LogP) is 4.40. The van der Waals surface area contributed by atoms with Gasteiger partial charge >= 0.3 is 0 Å². The number of hydrogen-bond donors (Lipinski definition) is 0. The fourth-order valence-electron chi connectivity index (χ4n) is 5.49. The molecule has 36 heavy (non-hydrogen) atoms. The van der Waals surface area contributed by atoms with Gasteiger partial charge in [-0.15, -0.1) is 0 Å². The van der Waals surface area contributed by atoms with Crippen LogP contribution in [0.1, 0.15) is 52.0 Å². The number of piperidine rings is 1. The SMILES string of the molecule is Cc1cccc(C(=O)N2[C@@H](C(=O)N3CCCC3)COC23CCN(C(=O)c2ccc(Cl)c(Cl)c2)CC3)c1. The molecule has 0 radical (unpaired) electrons. The molecular weight excluding hydrogens is 501 g/mol. The van der Waals surface area contributed by atoms with Gasteiger partial charge in [0, 0.05) is 50.1 Å². The lowest BCUT2D eigenvalue weighted by Gasteiger charge is -2.44. The molecule has 5 rings (SSSR count). The molecule has 1 spiro atoms. The Bertz CT molecular complexity index is 1190. The van der Waals surface area contributed by atoms with Crippen LogP contribution in [0.3, 0.4) is 0 Å². The van der Waals surface area contributed by atoms with Crippen molar-refractivity contribution in [2.24, 2.45) is 0 Å². The topological polar surface area (TPSA) is 70.2 Å². The van der Waals surface area contributed by atoms with Crippen molar-refractivity contribution < 1.29 is 19.1 Å². The maximum absolute atomic E-state index is 13.9. The van der Waals surface area contributed by atoms with Crippen LogP contribution in [0, 0.1) is 6.92 Å². The summed E-state index contributed by atoms with van der Waals surface area (Å²) in [6.45, 7) is 4.30. The van der Waals surface area contributed by atoms with Gasteiger partial charge in [0.1, 0.15) is 11.8 Å². The highest BCUT2D eigenvalue weighted by Crippen LogP contribution is 2.39. The number of benzene rings is 2. The third-order valence-corrected chi connectivity index (χ3v) is 8.18. The summed E-state index contributed by atoms with van der Waals surface area (Å²) in [5, 5.41) is 0.720. The summed E-state index contributed by atoms with van der Waals surface area (Å²) < 4.78 is 6.31. The van der Waals surface area contributed by atoms with Crippen molar-refractivity contribution in [1.82, 2.24) is 14.7 Å². The molecule has 3 amide bonds. The van der Waals surface area contributed by atoms with Gasteiger partial charge in [-0.05, 0) is 50.1 Å². The standard InChI is InChI=1S/C27H29Cl2N3O4/c1-18-5-4-6-19(15-18)25(34)32-23(26(35)30-11-2-3-12-30)17-36-27(32)9-13-31(14-10-27)24(33)20-7-8-21(28)22(29)16-20/h4-8,15-16,23H,2-3,9-14,17H2,1H3/t23-/m1/s1. The highest BCUT2D eigenvalue weighted by atomic mass is 35.5. The van der Waals surface area contributed by atoms with E-state index in [1.54, 1.807) is 34.1 Å². The molecule has 3 heterocycles. The van der Waals surface area contributed by atoms with E-state index in [1.165, 1.54) is 0 Å². The van der Waals surface area contributed by atoms with Gasteiger partial charge < -0.3 is 14.5 Å². The third-order valence-electron chi connectivity index (χ3n) is 7.45. The normalized spacial score (nSPS) is 21.3. The summed E-state index contributed by atoms with van der Waals surface area (Å²) in [6, 6.07) is 11.6. The number of halogens is 2. The molecule has 2 aromatic carbocycles. The largest absolute Gasteiger partial charge is 0.353 e. The summed E-state index contributed by atoms with van der Waals surface area (Å²) in [7, 11) is 0. The Balaban J connectivity index is 1.39. The lowest BCUT2D eigenvalue weighted by atomic mass is 9.95. The lowest BCUT2D eigenvalue weighted by Crippen LogP contribution is -2.60. The molecule has 2 aromatic rings. The average Bonchev–Trinajstić information content (AvgIpc) is 3.54. The van der Waals surface area contributed by atoms with Gasteiger partial charge in [-0.1, -0.05) is 40.9 Å². The molecule has 3 aliphatic heterocycles. The minimum Gasteiger partial charge on any atom is -0.353 e. The van der Waals surface area contributed by atoms with Crippen LogP contribution in [-0.2, 0) is 9.53 Å². The first-order valence-electron chi connectivity index (χ1n) is 12.4. The molecule has 3 fully saturated rings. The second-order valence-electron chi connectivity index (χ2n) is 9.77. The number of nitrogens with zero attached hydrogens (tertiary/aromatic N) is 3. The lowest BCUT2D eigenvalue weighted by molar-refractivity contribution is -0.136. The first kappa shape index (κ1) is 25.1. The molecule has 0 unspecified atom stereocenters. The van der Waals surface area contributed by atoms with E-state index in [4.69, 9.17) is 27.9 Å². The Hall–Kier alpha value is -2.61. The molecule has 3 aliphatic rings. The fourth-order valence-corrected chi connectivity index (χ4v) is 5.79. The molecule has 190 valence electrons. The monoisotopic (exact) mass is 529 g/mol. The molecule has 7 nitrogen and oxygen atoms in total. The average molecular weight is 530 g/mol. The Morgan fingerprint density at radius 2 is 1.56 bits per heavy atom. The van der Waals surface area contributed by atoms with Crippen LogP contribution in [0.4, 0.5) is 0 Å². The van der Waals surface area contributed by atoms with Crippen molar-refractivity contribution in [2.45, 2.75) is 44.4 Å². The summed E-state index contributed by atoms with van der Waals surface area (Å²) in [4.78, 5) is 45.7. The van der Waals surface area contributed by atoms with E-state index in [0.717, 1.165) is 18.4 Å². The molecular formula is C27H29Cl2N3O4.